The van der Waals surface area contributed by atoms with Gasteiger partial charge in [0.15, 0.2) is 0 Å². The van der Waals surface area contributed by atoms with Crippen molar-refractivity contribution in [2.45, 2.75) is 39.0 Å². The largest absolute Gasteiger partial charge is 0.255 e. The molecule has 0 spiro atoms. The van der Waals surface area contributed by atoms with Gasteiger partial charge in [0.25, 0.3) is 0 Å². The molecule has 0 amide bonds. The first-order valence-electron chi connectivity index (χ1n) is 9.07. The minimum Gasteiger partial charge on any atom is -0.255 e. The Morgan fingerprint density at radius 3 is 2.32 bits per heavy atom. The molecule has 1 radical (unpaired) electrons. The number of aryl methyl sites for hydroxylation is 1. The van der Waals surface area contributed by atoms with Gasteiger partial charge in [-0.2, -0.15) is 26.1 Å². The summed E-state index contributed by atoms with van der Waals surface area (Å²) < 4.78 is 1.33. The van der Waals surface area contributed by atoms with E-state index >= 15 is 0 Å². The topological polar surface area (TPSA) is 30.0 Å². The maximum Gasteiger partial charge on any atom is 0.0430 e. The standard InChI is InChI=1S/C23H28S3.HO.H2S/c1-5-8-9-11-20-18(10-6-2)22(25)19(13-12-17(7-3)15-24)21-14-16(4)26-23(20)21;;/h5-6,8-14,17,24-25H,7,15H2,1-4H3;1H;1H2/b8-5+,10-6+,11-9+,13-12+;;. The van der Waals surface area contributed by atoms with Crippen molar-refractivity contribution in [2.24, 2.45) is 5.92 Å². The number of hydrogen-bond acceptors (Lipinski definition) is 3. The van der Waals surface area contributed by atoms with E-state index in [-0.39, 0.29) is 19.0 Å². The molecule has 1 heterocycles. The van der Waals surface area contributed by atoms with Gasteiger partial charge in [0.2, 0.25) is 0 Å². The Hall–Kier alpha value is -0.850. The van der Waals surface area contributed by atoms with Crippen molar-refractivity contribution < 1.29 is 5.48 Å². The van der Waals surface area contributed by atoms with Crippen LogP contribution in [0, 0.1) is 12.8 Å². The number of thiol groups is 2. The molecule has 2 aromatic rings. The van der Waals surface area contributed by atoms with Crippen LogP contribution in [-0.4, -0.2) is 11.2 Å². The third-order valence-electron chi connectivity index (χ3n) is 4.38. The van der Waals surface area contributed by atoms with E-state index in [1.54, 1.807) is 0 Å². The second kappa shape index (κ2) is 13.4. The zero-order valence-corrected chi connectivity index (χ0v) is 20.5. The van der Waals surface area contributed by atoms with Crippen molar-refractivity contribution in [2.75, 3.05) is 5.75 Å². The van der Waals surface area contributed by atoms with Crippen LogP contribution < -0.4 is 0 Å². The summed E-state index contributed by atoms with van der Waals surface area (Å²) in [6.07, 6.45) is 18.3. The maximum absolute atomic E-state index is 4.94. The molecule has 1 unspecified atom stereocenters. The van der Waals surface area contributed by atoms with Crippen molar-refractivity contribution in [3.8, 4) is 0 Å². The first-order valence-corrected chi connectivity index (χ1v) is 11.0. The number of fused-ring (bicyclic) bond motifs is 1. The van der Waals surface area contributed by atoms with Gasteiger partial charge in [-0.3, -0.25) is 5.48 Å². The summed E-state index contributed by atoms with van der Waals surface area (Å²) in [5, 5.41) is 1.29. The normalized spacial score (nSPS) is 13.1. The van der Waals surface area contributed by atoms with E-state index < -0.39 is 0 Å². The average Bonchev–Trinajstić information content (AvgIpc) is 3.01. The zero-order valence-electron chi connectivity index (χ0n) is 16.9. The number of benzene rings is 1. The first kappa shape index (κ1) is 27.1. The van der Waals surface area contributed by atoms with Gasteiger partial charge >= 0.3 is 0 Å². The molecule has 0 aliphatic rings. The fourth-order valence-corrected chi connectivity index (χ4v) is 4.76. The third kappa shape index (κ3) is 6.33. The molecule has 2 rings (SSSR count). The molecule has 0 saturated heterocycles. The number of rotatable bonds is 7. The van der Waals surface area contributed by atoms with Gasteiger partial charge in [-0.15, -0.1) is 24.0 Å². The van der Waals surface area contributed by atoms with Crippen LogP contribution in [0.25, 0.3) is 28.3 Å². The second-order valence-electron chi connectivity index (χ2n) is 6.28. The summed E-state index contributed by atoms with van der Waals surface area (Å²) in [5.41, 5.74) is 3.64. The Bertz CT molecular complexity index is 869. The molecular weight excluding hydrogens is 421 g/mol. The highest BCUT2D eigenvalue weighted by Gasteiger charge is 2.15. The molecule has 0 aliphatic heterocycles. The van der Waals surface area contributed by atoms with Crippen molar-refractivity contribution in [1.29, 1.82) is 0 Å². The number of hydrogen-bond donors (Lipinski definition) is 3. The van der Waals surface area contributed by atoms with Crippen LogP contribution in [0.4, 0.5) is 0 Å². The highest BCUT2D eigenvalue weighted by atomic mass is 32.1. The van der Waals surface area contributed by atoms with E-state index in [0.717, 1.165) is 17.1 Å². The smallest absolute Gasteiger partial charge is 0.0430 e. The summed E-state index contributed by atoms with van der Waals surface area (Å²) in [5.74, 6) is 1.35. The highest BCUT2D eigenvalue weighted by Crippen LogP contribution is 2.40. The van der Waals surface area contributed by atoms with E-state index in [1.807, 2.05) is 24.3 Å². The van der Waals surface area contributed by atoms with Crippen LogP contribution in [0.1, 0.15) is 48.8 Å². The summed E-state index contributed by atoms with van der Waals surface area (Å²) in [6.45, 7) is 8.47. The van der Waals surface area contributed by atoms with Crippen LogP contribution in [-0.2, 0) is 0 Å². The lowest BCUT2D eigenvalue weighted by molar-refractivity contribution is 0.714. The van der Waals surface area contributed by atoms with E-state index in [2.05, 4.69) is 82.0 Å². The summed E-state index contributed by atoms with van der Waals surface area (Å²) in [6, 6.07) is 2.29. The monoisotopic (exact) mass is 451 g/mol. The second-order valence-corrected chi connectivity index (χ2v) is 8.35. The zero-order chi connectivity index (χ0) is 19.1. The predicted octanol–water partition coefficient (Wildman–Crippen LogP) is 8.03. The van der Waals surface area contributed by atoms with Crippen LogP contribution in [0.5, 0.6) is 0 Å². The Kier molecular flexibility index (Phi) is 13.0. The fraction of sp³-hybridized carbons (Fsp3) is 0.304. The number of allylic oxidation sites excluding steroid dienone is 5. The lowest BCUT2D eigenvalue weighted by atomic mass is 9.97. The first-order chi connectivity index (χ1) is 12.6. The Morgan fingerprint density at radius 2 is 1.75 bits per heavy atom. The minimum absolute atomic E-state index is 0. The molecule has 1 aromatic carbocycles. The van der Waals surface area contributed by atoms with Gasteiger partial charge in [-0.25, -0.2) is 0 Å². The molecule has 0 fully saturated rings. The Balaban J connectivity index is 0.00000364. The molecule has 1 aromatic heterocycles. The molecular formula is C23H31OS4. The highest BCUT2D eigenvalue weighted by molar-refractivity contribution is 7.80. The fourth-order valence-electron chi connectivity index (χ4n) is 2.93. The van der Waals surface area contributed by atoms with Gasteiger partial charge in [0.1, 0.15) is 0 Å². The van der Waals surface area contributed by atoms with Crippen LogP contribution >= 0.6 is 50.1 Å². The van der Waals surface area contributed by atoms with Crippen molar-refractivity contribution >= 4 is 78.4 Å². The molecule has 5 heteroatoms. The van der Waals surface area contributed by atoms with Crippen LogP contribution in [0.2, 0.25) is 0 Å². The molecule has 1 nitrogen and oxygen atoms in total. The Labute approximate surface area is 191 Å². The van der Waals surface area contributed by atoms with Gasteiger partial charge in [-0.05, 0) is 56.1 Å². The molecule has 1 atom stereocenters. The summed E-state index contributed by atoms with van der Waals surface area (Å²) in [7, 11) is 0. The molecule has 0 saturated carbocycles. The summed E-state index contributed by atoms with van der Waals surface area (Å²) >= 11 is 11.3. The van der Waals surface area contributed by atoms with E-state index in [1.165, 1.54) is 31.7 Å². The summed E-state index contributed by atoms with van der Waals surface area (Å²) in [4.78, 5) is 2.36. The molecule has 1 N–H and O–H groups in total. The van der Waals surface area contributed by atoms with Crippen molar-refractivity contribution in [1.82, 2.24) is 0 Å². The van der Waals surface area contributed by atoms with E-state index in [4.69, 9.17) is 12.6 Å². The number of thiophene rings is 1. The minimum atomic E-state index is 0. The SMILES string of the molecule is C/C=C/C=C/c1c(/C=C/C)c(S)c(/C=C/C(CC)CS)c2cc(C)sc12.S.[OH]. The van der Waals surface area contributed by atoms with E-state index in [0.29, 0.717) is 5.92 Å². The quantitative estimate of drug-likeness (QED) is 0.281. The Morgan fingerprint density at radius 1 is 1.04 bits per heavy atom. The molecule has 153 valence electrons. The van der Waals surface area contributed by atoms with Gasteiger partial charge in [0, 0.05) is 25.4 Å². The van der Waals surface area contributed by atoms with Crippen molar-refractivity contribution in [3.05, 3.63) is 58.0 Å². The van der Waals surface area contributed by atoms with Gasteiger partial charge in [-0.1, -0.05) is 55.5 Å². The molecule has 0 bridgehead atoms. The van der Waals surface area contributed by atoms with Crippen LogP contribution in [0.15, 0.2) is 41.3 Å². The lowest BCUT2D eigenvalue weighted by Crippen LogP contribution is -1.95. The average molecular weight is 452 g/mol. The van der Waals surface area contributed by atoms with Gasteiger partial charge in [0.05, 0.1) is 0 Å². The van der Waals surface area contributed by atoms with Gasteiger partial charge < -0.3 is 0 Å². The maximum atomic E-state index is 4.94. The van der Waals surface area contributed by atoms with Crippen molar-refractivity contribution in [3.63, 3.8) is 0 Å². The predicted molar refractivity (Wildman–Crippen MR) is 141 cm³/mol. The molecule has 28 heavy (non-hydrogen) atoms. The van der Waals surface area contributed by atoms with E-state index in [9.17, 15) is 0 Å². The third-order valence-corrected chi connectivity index (χ3v) is 6.42. The molecule has 0 aliphatic carbocycles. The van der Waals surface area contributed by atoms with Crippen LogP contribution in [0.3, 0.4) is 0 Å². The lowest BCUT2D eigenvalue weighted by Gasteiger charge is -2.13.